The third kappa shape index (κ3) is 2.03. The Labute approximate surface area is 126 Å². The van der Waals surface area contributed by atoms with Crippen LogP contribution < -0.4 is 5.73 Å². The molecule has 0 saturated carbocycles. The molecule has 2 aromatic rings. The number of aliphatic hydroxyl groups excluding tert-OH is 1. The summed E-state index contributed by atoms with van der Waals surface area (Å²) in [5.41, 5.74) is 8.07. The maximum atomic E-state index is 10.9. The smallest absolute Gasteiger partial charge is 0.147 e. The average molecular weight is 336 g/mol. The number of hydrogen-bond acceptors (Lipinski definition) is 3. The van der Waals surface area contributed by atoms with Crippen molar-refractivity contribution in [1.82, 2.24) is 0 Å². The van der Waals surface area contributed by atoms with Crippen molar-refractivity contribution < 1.29 is 9.52 Å². The summed E-state index contributed by atoms with van der Waals surface area (Å²) in [5, 5.41) is 10.9. The van der Waals surface area contributed by atoms with Gasteiger partial charge in [0, 0.05) is 12.0 Å². The fraction of sp³-hybridized carbons (Fsp3) is 0.375. The third-order valence-corrected chi connectivity index (χ3v) is 5.06. The van der Waals surface area contributed by atoms with Gasteiger partial charge in [0.25, 0.3) is 0 Å². The van der Waals surface area contributed by atoms with Crippen LogP contribution in [0.2, 0.25) is 0 Å². The van der Waals surface area contributed by atoms with E-state index in [0.29, 0.717) is 12.3 Å². The van der Waals surface area contributed by atoms with Crippen molar-refractivity contribution in [1.29, 1.82) is 0 Å². The first-order valence-electron chi connectivity index (χ1n) is 6.88. The van der Waals surface area contributed by atoms with Crippen LogP contribution in [-0.2, 0) is 11.8 Å². The molecule has 0 aliphatic heterocycles. The van der Waals surface area contributed by atoms with E-state index in [0.717, 1.165) is 29.3 Å². The molecule has 2 atom stereocenters. The number of nitrogens with two attached hydrogens (primary N) is 1. The Bertz CT molecular complexity index is 610. The van der Waals surface area contributed by atoms with E-state index in [1.54, 1.807) is 12.3 Å². The van der Waals surface area contributed by atoms with Gasteiger partial charge in [-0.1, -0.05) is 24.3 Å². The van der Waals surface area contributed by atoms with Gasteiger partial charge in [-0.25, -0.2) is 0 Å². The van der Waals surface area contributed by atoms with Crippen LogP contribution in [0.15, 0.2) is 45.5 Å². The van der Waals surface area contributed by atoms with E-state index in [2.05, 4.69) is 28.1 Å². The molecule has 1 heterocycles. The van der Waals surface area contributed by atoms with Crippen molar-refractivity contribution >= 4 is 15.9 Å². The highest BCUT2D eigenvalue weighted by atomic mass is 79.9. The molecule has 3 rings (SSSR count). The minimum atomic E-state index is -0.738. The Kier molecular flexibility index (Phi) is 3.71. The molecule has 1 aliphatic rings. The van der Waals surface area contributed by atoms with Crippen molar-refractivity contribution in [2.24, 2.45) is 5.73 Å². The molecule has 20 heavy (non-hydrogen) atoms. The van der Waals surface area contributed by atoms with Crippen LogP contribution in [0.25, 0.3) is 0 Å². The zero-order valence-electron chi connectivity index (χ0n) is 11.2. The number of rotatable bonds is 3. The minimum Gasteiger partial charge on any atom is -0.465 e. The number of halogens is 1. The summed E-state index contributed by atoms with van der Waals surface area (Å²) in [6.45, 7) is 0.401. The van der Waals surface area contributed by atoms with Crippen molar-refractivity contribution in [3.05, 3.63) is 58.0 Å². The van der Waals surface area contributed by atoms with E-state index in [-0.39, 0.29) is 0 Å². The van der Waals surface area contributed by atoms with Crippen molar-refractivity contribution in [2.45, 2.75) is 30.8 Å². The Morgan fingerprint density at radius 3 is 2.85 bits per heavy atom. The second-order valence-corrected chi connectivity index (χ2v) is 6.26. The van der Waals surface area contributed by atoms with Crippen LogP contribution in [-0.4, -0.2) is 11.7 Å². The molecule has 0 fully saturated rings. The normalized spacial score (nSPS) is 23.4. The zero-order valence-corrected chi connectivity index (χ0v) is 12.8. The molecular formula is C16H18BrNO2. The molecular weight excluding hydrogens is 318 g/mol. The predicted octanol–water partition coefficient (Wildman–Crippen LogP) is 3.31. The Morgan fingerprint density at radius 1 is 1.35 bits per heavy atom. The maximum Gasteiger partial charge on any atom is 0.147 e. The molecule has 1 aromatic heterocycles. The Hall–Kier alpha value is -1.10. The molecule has 3 nitrogen and oxygen atoms in total. The Morgan fingerprint density at radius 2 is 2.15 bits per heavy atom. The second-order valence-electron chi connectivity index (χ2n) is 5.41. The van der Waals surface area contributed by atoms with Gasteiger partial charge in [0.05, 0.1) is 10.7 Å². The fourth-order valence-electron chi connectivity index (χ4n) is 3.31. The van der Waals surface area contributed by atoms with Crippen molar-refractivity contribution in [2.75, 3.05) is 6.54 Å². The van der Waals surface area contributed by atoms with Gasteiger partial charge in [-0.3, -0.25) is 0 Å². The summed E-state index contributed by atoms with van der Waals surface area (Å²) in [5.74, 6) is 0.562. The van der Waals surface area contributed by atoms with Gasteiger partial charge in [0.1, 0.15) is 11.9 Å². The number of aryl methyl sites for hydroxylation is 1. The summed E-state index contributed by atoms with van der Waals surface area (Å²) in [7, 11) is 0. The molecule has 2 unspecified atom stereocenters. The maximum absolute atomic E-state index is 10.9. The SMILES string of the molecule is NCC1(C(O)c2occc2Br)CCCc2ccccc21. The number of aliphatic hydroxyl groups is 1. The molecule has 0 amide bonds. The highest BCUT2D eigenvalue weighted by Crippen LogP contribution is 2.46. The van der Waals surface area contributed by atoms with Crippen LogP contribution in [0.5, 0.6) is 0 Å². The molecule has 0 bridgehead atoms. The summed E-state index contributed by atoms with van der Waals surface area (Å²) in [6.07, 6.45) is 3.79. The third-order valence-electron chi connectivity index (χ3n) is 4.40. The lowest BCUT2D eigenvalue weighted by Crippen LogP contribution is -2.43. The average Bonchev–Trinajstić information content (AvgIpc) is 2.92. The summed E-state index contributed by atoms with van der Waals surface area (Å²) >= 11 is 3.43. The molecule has 4 heteroatoms. The first-order valence-corrected chi connectivity index (χ1v) is 7.68. The summed E-state index contributed by atoms with van der Waals surface area (Å²) in [4.78, 5) is 0. The quantitative estimate of drug-likeness (QED) is 0.904. The fourth-order valence-corrected chi connectivity index (χ4v) is 3.73. The lowest BCUT2D eigenvalue weighted by Gasteiger charge is -2.41. The molecule has 106 valence electrons. The molecule has 3 N–H and O–H groups in total. The highest BCUT2D eigenvalue weighted by molar-refractivity contribution is 9.10. The van der Waals surface area contributed by atoms with Gasteiger partial charge < -0.3 is 15.3 Å². The standard InChI is InChI=1S/C16H18BrNO2/c17-13-7-9-20-14(13)15(19)16(10-18)8-3-5-11-4-1-2-6-12(11)16/h1-2,4,6-7,9,15,19H,3,5,8,10,18H2. The van der Waals surface area contributed by atoms with Gasteiger partial charge in [0.2, 0.25) is 0 Å². The zero-order chi connectivity index (χ0) is 14.2. The number of furan rings is 1. The van der Waals surface area contributed by atoms with Gasteiger partial charge >= 0.3 is 0 Å². The van der Waals surface area contributed by atoms with Crippen LogP contribution in [0.4, 0.5) is 0 Å². The predicted molar refractivity (Wildman–Crippen MR) is 81.5 cm³/mol. The monoisotopic (exact) mass is 335 g/mol. The largest absolute Gasteiger partial charge is 0.465 e. The van der Waals surface area contributed by atoms with Crippen LogP contribution in [0, 0.1) is 0 Å². The number of benzene rings is 1. The van der Waals surface area contributed by atoms with Crippen LogP contribution >= 0.6 is 15.9 Å². The van der Waals surface area contributed by atoms with Crippen molar-refractivity contribution in [3.8, 4) is 0 Å². The lowest BCUT2D eigenvalue weighted by molar-refractivity contribution is 0.0521. The number of fused-ring (bicyclic) bond motifs is 1. The molecule has 0 spiro atoms. The van der Waals surface area contributed by atoms with E-state index in [1.165, 1.54) is 5.56 Å². The second kappa shape index (κ2) is 5.35. The van der Waals surface area contributed by atoms with E-state index in [1.807, 2.05) is 12.1 Å². The van der Waals surface area contributed by atoms with E-state index in [4.69, 9.17) is 10.2 Å². The molecule has 1 aliphatic carbocycles. The van der Waals surface area contributed by atoms with E-state index >= 15 is 0 Å². The van der Waals surface area contributed by atoms with Crippen LogP contribution in [0.3, 0.4) is 0 Å². The minimum absolute atomic E-state index is 0.401. The van der Waals surface area contributed by atoms with Crippen molar-refractivity contribution in [3.63, 3.8) is 0 Å². The highest BCUT2D eigenvalue weighted by Gasteiger charge is 2.44. The van der Waals surface area contributed by atoms with E-state index in [9.17, 15) is 5.11 Å². The van der Waals surface area contributed by atoms with Gasteiger partial charge in [-0.05, 0) is 52.4 Å². The van der Waals surface area contributed by atoms with Gasteiger partial charge in [-0.2, -0.15) is 0 Å². The summed E-state index contributed by atoms with van der Waals surface area (Å²) in [6, 6.07) is 10.1. The van der Waals surface area contributed by atoms with E-state index < -0.39 is 11.5 Å². The summed E-state index contributed by atoms with van der Waals surface area (Å²) < 4.78 is 6.26. The number of hydrogen-bond donors (Lipinski definition) is 2. The lowest BCUT2D eigenvalue weighted by atomic mass is 9.66. The first-order chi connectivity index (χ1) is 9.69. The topological polar surface area (TPSA) is 59.4 Å². The van der Waals surface area contributed by atoms with Crippen LogP contribution in [0.1, 0.15) is 35.8 Å². The van der Waals surface area contributed by atoms with Gasteiger partial charge in [0.15, 0.2) is 0 Å². The Balaban J connectivity index is 2.11. The van der Waals surface area contributed by atoms with Gasteiger partial charge in [-0.15, -0.1) is 0 Å². The molecule has 0 saturated heterocycles. The molecule has 1 aromatic carbocycles. The molecule has 0 radical (unpaired) electrons. The first kappa shape index (κ1) is 13.9.